The normalized spacial score (nSPS) is 16.4. The molecule has 0 saturated heterocycles. The summed E-state index contributed by atoms with van der Waals surface area (Å²) in [4.78, 5) is 26.2. The van der Waals surface area contributed by atoms with Gasteiger partial charge < -0.3 is 15.0 Å². The first-order valence-electron chi connectivity index (χ1n) is 9.58. The summed E-state index contributed by atoms with van der Waals surface area (Å²) in [5, 5.41) is 17.9. The van der Waals surface area contributed by atoms with E-state index >= 15 is 0 Å². The van der Waals surface area contributed by atoms with Gasteiger partial charge in [0.15, 0.2) is 11.3 Å². The molecule has 1 amide bonds. The first kappa shape index (κ1) is 18.3. The molecule has 1 aromatic carbocycles. The molecule has 1 unspecified atom stereocenters. The number of pyridine rings is 1. The molecule has 0 saturated carbocycles. The van der Waals surface area contributed by atoms with E-state index in [9.17, 15) is 14.7 Å². The highest BCUT2D eigenvalue weighted by atomic mass is 16.3. The fraction of sp³-hybridized carbons (Fsp3) is 0.381. The summed E-state index contributed by atoms with van der Waals surface area (Å²) in [6.07, 6.45) is 4.42. The molecule has 0 fully saturated rings. The number of hydrogen-bond acceptors (Lipinski definition) is 4. The van der Waals surface area contributed by atoms with Crippen molar-refractivity contribution in [1.29, 1.82) is 0 Å². The van der Waals surface area contributed by atoms with Crippen molar-refractivity contribution in [3.8, 4) is 5.75 Å². The lowest BCUT2D eigenvalue weighted by Crippen LogP contribution is -2.36. The zero-order chi connectivity index (χ0) is 20.0. The topological polar surface area (TPSA) is 89.2 Å². The van der Waals surface area contributed by atoms with Crippen molar-refractivity contribution in [1.82, 2.24) is 19.7 Å². The zero-order valence-corrected chi connectivity index (χ0v) is 16.3. The quantitative estimate of drug-likeness (QED) is 0.731. The van der Waals surface area contributed by atoms with Crippen LogP contribution in [0.2, 0.25) is 0 Å². The lowest BCUT2D eigenvalue weighted by Gasteiger charge is -2.26. The van der Waals surface area contributed by atoms with E-state index in [1.54, 1.807) is 13.2 Å². The Morgan fingerprint density at radius 1 is 1.32 bits per heavy atom. The number of carbonyl (C=O) groups is 1. The minimum Gasteiger partial charge on any atom is -0.505 e. The van der Waals surface area contributed by atoms with E-state index < -0.39 is 11.5 Å². The van der Waals surface area contributed by atoms with Crippen molar-refractivity contribution in [3.05, 3.63) is 57.5 Å². The molecule has 2 aromatic heterocycles. The Morgan fingerprint density at radius 2 is 2.07 bits per heavy atom. The SMILES string of the molecule is CC(C)n1c(=O)c(C(=O)NC2CCCc3ccccc32)c(O)c2nn(C)cc21. The molecule has 3 aromatic rings. The Labute approximate surface area is 162 Å². The van der Waals surface area contributed by atoms with E-state index in [-0.39, 0.29) is 28.9 Å². The molecule has 146 valence electrons. The molecule has 7 heteroatoms. The Morgan fingerprint density at radius 3 is 2.82 bits per heavy atom. The fourth-order valence-corrected chi connectivity index (χ4v) is 4.12. The smallest absolute Gasteiger partial charge is 0.268 e. The van der Waals surface area contributed by atoms with Gasteiger partial charge in [0.1, 0.15) is 5.56 Å². The van der Waals surface area contributed by atoms with Gasteiger partial charge >= 0.3 is 0 Å². The van der Waals surface area contributed by atoms with Gasteiger partial charge in [-0.25, -0.2) is 0 Å². The molecule has 0 aliphatic heterocycles. The average Bonchev–Trinajstić information content (AvgIpc) is 3.03. The van der Waals surface area contributed by atoms with Crippen molar-refractivity contribution in [3.63, 3.8) is 0 Å². The molecule has 0 bridgehead atoms. The van der Waals surface area contributed by atoms with Crippen molar-refractivity contribution >= 4 is 16.9 Å². The van der Waals surface area contributed by atoms with Crippen LogP contribution in [0.4, 0.5) is 0 Å². The number of hydrogen-bond donors (Lipinski definition) is 2. The number of amides is 1. The van der Waals surface area contributed by atoms with Gasteiger partial charge in [0.2, 0.25) is 0 Å². The molecule has 28 heavy (non-hydrogen) atoms. The van der Waals surface area contributed by atoms with Crippen molar-refractivity contribution < 1.29 is 9.90 Å². The maximum Gasteiger partial charge on any atom is 0.268 e. The number of fused-ring (bicyclic) bond motifs is 2. The predicted molar refractivity (Wildman–Crippen MR) is 107 cm³/mol. The van der Waals surface area contributed by atoms with Gasteiger partial charge in [-0.3, -0.25) is 14.3 Å². The highest BCUT2D eigenvalue weighted by Gasteiger charge is 2.28. The third-order valence-electron chi connectivity index (χ3n) is 5.38. The zero-order valence-electron chi connectivity index (χ0n) is 16.3. The van der Waals surface area contributed by atoms with E-state index in [0.29, 0.717) is 5.52 Å². The Kier molecular flexibility index (Phi) is 4.45. The highest BCUT2D eigenvalue weighted by molar-refractivity contribution is 6.01. The van der Waals surface area contributed by atoms with Crippen molar-refractivity contribution in [2.24, 2.45) is 7.05 Å². The summed E-state index contributed by atoms with van der Waals surface area (Å²) < 4.78 is 3.04. The van der Waals surface area contributed by atoms with Gasteiger partial charge in [0.05, 0.1) is 11.6 Å². The molecule has 2 heterocycles. The van der Waals surface area contributed by atoms with Crippen LogP contribution in [0.5, 0.6) is 5.75 Å². The van der Waals surface area contributed by atoms with E-state index in [4.69, 9.17) is 0 Å². The third-order valence-corrected chi connectivity index (χ3v) is 5.38. The number of benzene rings is 1. The lowest BCUT2D eigenvalue weighted by atomic mass is 9.87. The van der Waals surface area contributed by atoms with Gasteiger partial charge in [0.25, 0.3) is 11.5 Å². The monoisotopic (exact) mass is 380 g/mol. The Bertz CT molecular complexity index is 1130. The van der Waals surface area contributed by atoms with Crippen LogP contribution in [0.1, 0.15) is 60.3 Å². The van der Waals surface area contributed by atoms with Crippen LogP contribution in [-0.4, -0.2) is 25.4 Å². The van der Waals surface area contributed by atoms with Gasteiger partial charge in [-0.05, 0) is 44.2 Å². The minimum atomic E-state index is -0.564. The predicted octanol–water partition coefficient (Wildman–Crippen LogP) is 2.83. The van der Waals surface area contributed by atoms with Gasteiger partial charge in [-0.2, -0.15) is 5.10 Å². The van der Waals surface area contributed by atoms with Crippen LogP contribution < -0.4 is 10.9 Å². The largest absolute Gasteiger partial charge is 0.505 e. The second-order valence-electron chi connectivity index (χ2n) is 7.65. The van der Waals surface area contributed by atoms with Crippen molar-refractivity contribution in [2.75, 3.05) is 0 Å². The van der Waals surface area contributed by atoms with Gasteiger partial charge in [-0.15, -0.1) is 0 Å². The summed E-state index contributed by atoms with van der Waals surface area (Å²) in [6.45, 7) is 3.73. The standard InChI is InChI=1S/C21H24N4O3/c1-12(2)25-16-11-24(3)23-18(16)19(26)17(21(25)28)20(27)22-15-10-6-8-13-7-4-5-9-14(13)15/h4-5,7,9,11-12,15,26H,6,8,10H2,1-3H3,(H,22,27). The summed E-state index contributed by atoms with van der Waals surface area (Å²) >= 11 is 0. The molecule has 0 spiro atoms. The minimum absolute atomic E-state index is 0.178. The Hall–Kier alpha value is -3.09. The summed E-state index contributed by atoms with van der Waals surface area (Å²) in [5.74, 6) is -0.926. The molecule has 1 atom stereocenters. The number of aromatic nitrogens is 3. The molecule has 1 aliphatic carbocycles. The fourth-order valence-electron chi connectivity index (χ4n) is 4.12. The van der Waals surface area contributed by atoms with E-state index in [1.165, 1.54) is 14.8 Å². The first-order valence-corrected chi connectivity index (χ1v) is 9.58. The van der Waals surface area contributed by atoms with Gasteiger partial charge in [0, 0.05) is 19.3 Å². The van der Waals surface area contributed by atoms with Crippen LogP contribution in [0.15, 0.2) is 35.3 Å². The summed E-state index contributed by atoms with van der Waals surface area (Å²) in [7, 11) is 1.72. The summed E-state index contributed by atoms with van der Waals surface area (Å²) in [6, 6.07) is 7.66. The van der Waals surface area contributed by atoms with Gasteiger partial charge in [-0.1, -0.05) is 24.3 Å². The maximum atomic E-state index is 13.1. The number of nitrogens with one attached hydrogen (secondary N) is 1. The lowest BCUT2D eigenvalue weighted by molar-refractivity contribution is 0.0928. The van der Waals surface area contributed by atoms with Crippen LogP contribution >= 0.6 is 0 Å². The summed E-state index contributed by atoms with van der Waals surface area (Å²) in [5.41, 5.74) is 2.30. The Balaban J connectivity index is 1.80. The molecule has 7 nitrogen and oxygen atoms in total. The van der Waals surface area contributed by atoms with E-state index in [0.717, 1.165) is 24.8 Å². The molecule has 2 N–H and O–H groups in total. The number of rotatable bonds is 3. The molecule has 0 radical (unpaired) electrons. The molecule has 4 rings (SSSR count). The van der Waals surface area contributed by atoms with E-state index in [2.05, 4.69) is 16.5 Å². The molecular weight excluding hydrogens is 356 g/mol. The first-order chi connectivity index (χ1) is 13.4. The number of nitrogens with zero attached hydrogens (tertiary/aromatic N) is 3. The van der Waals surface area contributed by atoms with Crippen LogP contribution in [0, 0.1) is 0 Å². The number of aryl methyl sites for hydroxylation is 2. The van der Waals surface area contributed by atoms with Crippen molar-refractivity contribution in [2.45, 2.75) is 45.2 Å². The maximum absolute atomic E-state index is 13.1. The second-order valence-corrected chi connectivity index (χ2v) is 7.65. The average molecular weight is 380 g/mol. The van der Waals surface area contributed by atoms with E-state index in [1.807, 2.05) is 32.0 Å². The second kappa shape index (κ2) is 6.82. The van der Waals surface area contributed by atoms with Crippen LogP contribution in [0.25, 0.3) is 11.0 Å². The highest BCUT2D eigenvalue weighted by Crippen LogP contribution is 2.31. The van der Waals surface area contributed by atoms with Crippen LogP contribution in [-0.2, 0) is 13.5 Å². The molecular formula is C21H24N4O3. The third kappa shape index (κ3) is 2.87. The number of carbonyl (C=O) groups excluding carboxylic acids is 1. The van der Waals surface area contributed by atoms with Crippen LogP contribution in [0.3, 0.4) is 0 Å². The molecule has 1 aliphatic rings. The number of aromatic hydroxyl groups is 1.